The van der Waals surface area contributed by atoms with Crippen molar-refractivity contribution in [3.8, 4) is 0 Å². The fraction of sp³-hybridized carbons (Fsp3) is 0.429. The molecule has 2 N–H and O–H groups in total. The topological polar surface area (TPSA) is 119 Å². The van der Waals surface area contributed by atoms with Gasteiger partial charge in [0.25, 0.3) is 5.56 Å². The molecule has 0 aliphatic carbocycles. The standard InChI is InChI=1S/C14H18N6O4/c1-8-6-19-10-11(16-13(19)18(8)4-5-24-3)17(2)14(23)20(12(10)22)7-9(15)21/h6H,4-5,7H2,1-3H3,(H2,15,21). The molecule has 0 saturated heterocycles. The van der Waals surface area contributed by atoms with Gasteiger partial charge in [-0.15, -0.1) is 0 Å². The third kappa shape index (κ3) is 2.22. The van der Waals surface area contributed by atoms with Crippen LogP contribution in [0, 0.1) is 6.92 Å². The molecule has 0 aliphatic rings. The fourth-order valence-corrected chi connectivity index (χ4v) is 2.81. The average Bonchev–Trinajstić information content (AvgIpc) is 3.02. The number of aromatic nitrogens is 5. The first-order chi connectivity index (χ1) is 11.4. The van der Waals surface area contributed by atoms with E-state index in [9.17, 15) is 14.4 Å². The number of ether oxygens (including phenoxy) is 1. The molecule has 0 atom stereocenters. The Morgan fingerprint density at radius 2 is 2.04 bits per heavy atom. The van der Waals surface area contributed by atoms with E-state index in [4.69, 9.17) is 10.5 Å². The van der Waals surface area contributed by atoms with Gasteiger partial charge in [-0.1, -0.05) is 0 Å². The van der Waals surface area contributed by atoms with Gasteiger partial charge in [0.2, 0.25) is 11.7 Å². The van der Waals surface area contributed by atoms with Gasteiger partial charge in [0.15, 0.2) is 11.2 Å². The van der Waals surface area contributed by atoms with Crippen LogP contribution in [0.4, 0.5) is 0 Å². The van der Waals surface area contributed by atoms with Crippen LogP contribution in [0.25, 0.3) is 16.9 Å². The minimum Gasteiger partial charge on any atom is -0.383 e. The normalized spacial score (nSPS) is 11.6. The number of amides is 1. The molecule has 0 spiro atoms. The number of hydrogen-bond donors (Lipinski definition) is 1. The molecule has 128 valence electrons. The van der Waals surface area contributed by atoms with Crippen LogP contribution in [0.1, 0.15) is 5.69 Å². The zero-order valence-electron chi connectivity index (χ0n) is 13.6. The van der Waals surface area contributed by atoms with Gasteiger partial charge in [0.05, 0.1) is 6.61 Å². The van der Waals surface area contributed by atoms with E-state index < -0.39 is 23.7 Å². The van der Waals surface area contributed by atoms with Crippen molar-refractivity contribution in [2.24, 2.45) is 12.8 Å². The van der Waals surface area contributed by atoms with Gasteiger partial charge in [-0.05, 0) is 6.92 Å². The van der Waals surface area contributed by atoms with Gasteiger partial charge in [-0.3, -0.25) is 18.6 Å². The number of carbonyl (C=O) groups excluding carboxylic acids is 1. The maximum absolute atomic E-state index is 12.7. The van der Waals surface area contributed by atoms with E-state index in [1.54, 1.807) is 17.7 Å². The molecule has 10 nitrogen and oxygen atoms in total. The summed E-state index contributed by atoms with van der Waals surface area (Å²) in [5.74, 6) is -0.230. The van der Waals surface area contributed by atoms with E-state index in [-0.39, 0.29) is 11.2 Å². The van der Waals surface area contributed by atoms with Gasteiger partial charge < -0.3 is 15.0 Å². The quantitative estimate of drug-likeness (QED) is 0.615. The predicted octanol–water partition coefficient (Wildman–Crippen LogP) is -1.41. The summed E-state index contributed by atoms with van der Waals surface area (Å²) < 4.78 is 10.7. The molecule has 0 aromatic carbocycles. The number of nitrogens with zero attached hydrogens (tertiary/aromatic N) is 5. The molecule has 24 heavy (non-hydrogen) atoms. The number of primary amides is 1. The van der Waals surface area contributed by atoms with Crippen LogP contribution in [0.2, 0.25) is 0 Å². The van der Waals surface area contributed by atoms with E-state index in [1.165, 1.54) is 11.6 Å². The van der Waals surface area contributed by atoms with Crippen molar-refractivity contribution in [2.75, 3.05) is 13.7 Å². The summed E-state index contributed by atoms with van der Waals surface area (Å²) in [4.78, 5) is 40.6. The lowest BCUT2D eigenvalue weighted by molar-refractivity contribution is -0.118. The van der Waals surface area contributed by atoms with Crippen LogP contribution in [0.3, 0.4) is 0 Å². The van der Waals surface area contributed by atoms with Crippen LogP contribution in [0.15, 0.2) is 15.8 Å². The number of hydrogen-bond acceptors (Lipinski definition) is 5. The van der Waals surface area contributed by atoms with E-state index in [2.05, 4.69) is 4.98 Å². The average molecular weight is 334 g/mol. The first-order valence-corrected chi connectivity index (χ1v) is 7.31. The van der Waals surface area contributed by atoms with E-state index in [0.29, 0.717) is 18.9 Å². The van der Waals surface area contributed by atoms with E-state index >= 15 is 0 Å². The second-order valence-electron chi connectivity index (χ2n) is 5.57. The van der Waals surface area contributed by atoms with Crippen LogP contribution in [-0.2, 0) is 29.7 Å². The Bertz CT molecular complexity index is 1070. The molecule has 0 aliphatic heterocycles. The number of fused-ring (bicyclic) bond motifs is 3. The first-order valence-electron chi connectivity index (χ1n) is 7.31. The number of nitrogens with two attached hydrogens (primary N) is 1. The molecule has 0 saturated carbocycles. The molecule has 0 unspecified atom stereocenters. The summed E-state index contributed by atoms with van der Waals surface area (Å²) in [6, 6.07) is 0. The summed E-state index contributed by atoms with van der Waals surface area (Å²) in [5.41, 5.74) is 5.29. The Balaban J connectivity index is 2.39. The lowest BCUT2D eigenvalue weighted by atomic mass is 10.4. The molecule has 10 heteroatoms. The first kappa shape index (κ1) is 16.0. The zero-order valence-corrected chi connectivity index (χ0v) is 13.6. The molecule has 3 rings (SSSR count). The number of carbonyl (C=O) groups is 1. The Kier molecular flexibility index (Phi) is 3.76. The molecule has 3 heterocycles. The Labute approximate surface area is 135 Å². The predicted molar refractivity (Wildman–Crippen MR) is 86.0 cm³/mol. The molecule has 3 aromatic rings. The number of methoxy groups -OCH3 is 1. The van der Waals surface area contributed by atoms with Crippen LogP contribution in [-0.4, -0.2) is 42.7 Å². The largest absolute Gasteiger partial charge is 0.383 e. The Morgan fingerprint density at radius 3 is 2.67 bits per heavy atom. The van der Waals surface area contributed by atoms with Gasteiger partial charge in [0, 0.05) is 32.6 Å². The summed E-state index contributed by atoms with van der Waals surface area (Å²) >= 11 is 0. The highest BCUT2D eigenvalue weighted by molar-refractivity contribution is 5.77. The van der Waals surface area contributed by atoms with Crippen molar-refractivity contribution in [1.29, 1.82) is 0 Å². The molecule has 0 radical (unpaired) electrons. The molecule has 3 aromatic heterocycles. The van der Waals surface area contributed by atoms with E-state index in [1.807, 2.05) is 11.5 Å². The number of imidazole rings is 2. The highest BCUT2D eigenvalue weighted by atomic mass is 16.5. The number of aryl methyl sites for hydroxylation is 2. The summed E-state index contributed by atoms with van der Waals surface area (Å²) in [6.45, 7) is 2.46. The lowest BCUT2D eigenvalue weighted by Gasteiger charge is -2.05. The Morgan fingerprint density at radius 1 is 1.33 bits per heavy atom. The van der Waals surface area contributed by atoms with E-state index in [0.717, 1.165) is 10.3 Å². The third-order valence-electron chi connectivity index (χ3n) is 3.97. The van der Waals surface area contributed by atoms with Crippen molar-refractivity contribution in [2.45, 2.75) is 20.0 Å². The van der Waals surface area contributed by atoms with Crippen LogP contribution >= 0.6 is 0 Å². The smallest absolute Gasteiger partial charge is 0.332 e. The van der Waals surface area contributed by atoms with Crippen LogP contribution < -0.4 is 17.0 Å². The Hall–Kier alpha value is -2.88. The van der Waals surface area contributed by atoms with Gasteiger partial charge in [-0.2, -0.15) is 4.98 Å². The van der Waals surface area contributed by atoms with Crippen molar-refractivity contribution in [1.82, 2.24) is 23.1 Å². The molecular formula is C14H18N6O4. The summed E-state index contributed by atoms with van der Waals surface area (Å²) in [5, 5.41) is 0. The molecule has 1 amide bonds. The van der Waals surface area contributed by atoms with Crippen LogP contribution in [0.5, 0.6) is 0 Å². The minimum absolute atomic E-state index is 0.229. The zero-order chi connectivity index (χ0) is 17.6. The maximum atomic E-state index is 12.7. The lowest BCUT2D eigenvalue weighted by Crippen LogP contribution is -2.42. The molecule has 0 fully saturated rings. The highest BCUT2D eigenvalue weighted by Gasteiger charge is 2.20. The van der Waals surface area contributed by atoms with Crippen molar-refractivity contribution in [3.05, 3.63) is 32.7 Å². The molecular weight excluding hydrogens is 316 g/mol. The van der Waals surface area contributed by atoms with Crippen molar-refractivity contribution < 1.29 is 9.53 Å². The van der Waals surface area contributed by atoms with Gasteiger partial charge in [0.1, 0.15) is 6.54 Å². The van der Waals surface area contributed by atoms with Gasteiger partial charge >= 0.3 is 5.69 Å². The monoisotopic (exact) mass is 334 g/mol. The SMILES string of the molecule is COCCn1c(C)cn2c3c(=O)n(CC(N)=O)c(=O)n(C)c3nc12. The number of rotatable bonds is 5. The second kappa shape index (κ2) is 5.64. The summed E-state index contributed by atoms with van der Waals surface area (Å²) in [7, 11) is 3.10. The maximum Gasteiger partial charge on any atom is 0.332 e. The summed E-state index contributed by atoms with van der Waals surface area (Å²) in [6.07, 6.45) is 1.76. The highest BCUT2D eigenvalue weighted by Crippen LogP contribution is 2.15. The van der Waals surface area contributed by atoms with Crippen molar-refractivity contribution >= 4 is 22.8 Å². The molecule has 0 bridgehead atoms. The fourth-order valence-electron chi connectivity index (χ4n) is 2.81. The van der Waals surface area contributed by atoms with Crippen molar-refractivity contribution in [3.63, 3.8) is 0 Å². The van der Waals surface area contributed by atoms with Gasteiger partial charge in [-0.25, -0.2) is 9.36 Å². The second-order valence-corrected chi connectivity index (χ2v) is 5.57. The minimum atomic E-state index is -0.761. The third-order valence-corrected chi connectivity index (χ3v) is 3.97.